The third-order valence-corrected chi connectivity index (χ3v) is 3.68. The largest absolute Gasteiger partial charge is 0.296 e. The standard InChI is InChI=1S/C12H18N2S/c1-13-12(15)14-8-7-11(9-14)10-5-3-2-4-6-10/h2-6,11-13,15H,7-9H2,1H3. The van der Waals surface area contributed by atoms with Crippen LogP contribution in [0.2, 0.25) is 0 Å². The molecule has 0 aliphatic carbocycles. The third-order valence-electron chi connectivity index (χ3n) is 3.09. The Labute approximate surface area is 97.1 Å². The Morgan fingerprint density at radius 3 is 2.80 bits per heavy atom. The second-order valence-electron chi connectivity index (χ2n) is 4.05. The lowest BCUT2D eigenvalue weighted by molar-refractivity contribution is 0.290. The molecule has 2 rings (SSSR count). The summed E-state index contributed by atoms with van der Waals surface area (Å²) in [5.74, 6) is 0.675. The molecule has 1 aromatic carbocycles. The van der Waals surface area contributed by atoms with Crippen molar-refractivity contribution in [2.75, 3.05) is 20.1 Å². The van der Waals surface area contributed by atoms with Gasteiger partial charge in [0, 0.05) is 13.1 Å². The monoisotopic (exact) mass is 222 g/mol. The van der Waals surface area contributed by atoms with Crippen molar-refractivity contribution in [1.82, 2.24) is 10.2 Å². The molecule has 1 aliphatic rings. The van der Waals surface area contributed by atoms with Gasteiger partial charge < -0.3 is 0 Å². The maximum Gasteiger partial charge on any atom is 0.105 e. The fourth-order valence-corrected chi connectivity index (χ4v) is 2.40. The van der Waals surface area contributed by atoms with Gasteiger partial charge in [-0.15, -0.1) is 12.6 Å². The van der Waals surface area contributed by atoms with E-state index in [-0.39, 0.29) is 5.50 Å². The van der Waals surface area contributed by atoms with Gasteiger partial charge in [-0.1, -0.05) is 30.3 Å². The molecule has 1 N–H and O–H groups in total. The first-order chi connectivity index (χ1) is 7.31. The molecule has 0 saturated carbocycles. The molecule has 15 heavy (non-hydrogen) atoms. The van der Waals surface area contributed by atoms with Crippen molar-refractivity contribution in [3.63, 3.8) is 0 Å². The van der Waals surface area contributed by atoms with E-state index in [4.69, 9.17) is 0 Å². The van der Waals surface area contributed by atoms with E-state index in [1.54, 1.807) is 0 Å². The average molecular weight is 222 g/mol. The molecule has 1 aromatic rings. The topological polar surface area (TPSA) is 15.3 Å². The zero-order valence-corrected chi connectivity index (χ0v) is 9.95. The highest BCUT2D eigenvalue weighted by Crippen LogP contribution is 2.28. The Bertz CT molecular complexity index is 302. The van der Waals surface area contributed by atoms with Crippen molar-refractivity contribution in [3.8, 4) is 0 Å². The molecule has 2 atom stereocenters. The fourth-order valence-electron chi connectivity index (χ4n) is 2.19. The number of rotatable bonds is 3. The summed E-state index contributed by atoms with van der Waals surface area (Å²) in [5.41, 5.74) is 1.65. The number of benzene rings is 1. The molecule has 1 saturated heterocycles. The Hall–Kier alpha value is -0.510. The highest BCUT2D eigenvalue weighted by atomic mass is 32.1. The molecule has 1 heterocycles. The number of hydrogen-bond acceptors (Lipinski definition) is 3. The summed E-state index contributed by atoms with van der Waals surface area (Å²) in [6.45, 7) is 2.24. The van der Waals surface area contributed by atoms with E-state index in [9.17, 15) is 0 Å². The molecule has 2 unspecified atom stereocenters. The summed E-state index contributed by atoms with van der Waals surface area (Å²) < 4.78 is 0. The minimum absolute atomic E-state index is 0.193. The van der Waals surface area contributed by atoms with Gasteiger partial charge in [0.2, 0.25) is 0 Å². The van der Waals surface area contributed by atoms with Crippen molar-refractivity contribution < 1.29 is 0 Å². The maximum absolute atomic E-state index is 4.49. The van der Waals surface area contributed by atoms with Gasteiger partial charge in [0.1, 0.15) is 5.50 Å². The Morgan fingerprint density at radius 1 is 1.40 bits per heavy atom. The first-order valence-electron chi connectivity index (χ1n) is 5.45. The molecule has 0 amide bonds. The van der Waals surface area contributed by atoms with Crippen LogP contribution < -0.4 is 5.32 Å². The van der Waals surface area contributed by atoms with Crippen molar-refractivity contribution in [2.24, 2.45) is 0 Å². The van der Waals surface area contributed by atoms with Gasteiger partial charge in [-0.05, 0) is 24.9 Å². The van der Waals surface area contributed by atoms with Crippen LogP contribution >= 0.6 is 12.6 Å². The lowest BCUT2D eigenvalue weighted by atomic mass is 9.99. The van der Waals surface area contributed by atoms with Crippen molar-refractivity contribution in [3.05, 3.63) is 35.9 Å². The Morgan fingerprint density at radius 2 is 2.13 bits per heavy atom. The van der Waals surface area contributed by atoms with Gasteiger partial charge in [-0.25, -0.2) is 0 Å². The van der Waals surface area contributed by atoms with E-state index in [0.717, 1.165) is 13.1 Å². The molecule has 1 fully saturated rings. The number of nitrogens with zero attached hydrogens (tertiary/aromatic N) is 1. The molecular formula is C12H18N2S. The zero-order valence-electron chi connectivity index (χ0n) is 9.06. The fraction of sp³-hybridized carbons (Fsp3) is 0.500. The molecule has 0 spiro atoms. The van der Waals surface area contributed by atoms with E-state index in [1.807, 2.05) is 7.05 Å². The highest BCUT2D eigenvalue weighted by Gasteiger charge is 2.26. The van der Waals surface area contributed by atoms with E-state index in [2.05, 4.69) is 53.2 Å². The Kier molecular flexibility index (Phi) is 3.67. The molecule has 0 radical (unpaired) electrons. The number of nitrogens with one attached hydrogen (secondary N) is 1. The van der Waals surface area contributed by atoms with Gasteiger partial charge >= 0.3 is 0 Å². The van der Waals surface area contributed by atoms with Gasteiger partial charge in [0.05, 0.1) is 0 Å². The lowest BCUT2D eigenvalue weighted by Gasteiger charge is -2.22. The van der Waals surface area contributed by atoms with E-state index >= 15 is 0 Å². The molecule has 82 valence electrons. The summed E-state index contributed by atoms with van der Waals surface area (Å²) in [6, 6.07) is 10.8. The number of thiol groups is 1. The second-order valence-corrected chi connectivity index (χ2v) is 4.54. The van der Waals surface area contributed by atoms with Crippen molar-refractivity contribution in [2.45, 2.75) is 17.8 Å². The first kappa shape index (κ1) is 11.0. The minimum Gasteiger partial charge on any atom is -0.296 e. The SMILES string of the molecule is CNC(S)N1CCC(c2ccccc2)C1. The highest BCUT2D eigenvalue weighted by molar-refractivity contribution is 7.80. The van der Waals surface area contributed by atoms with Gasteiger partial charge in [0.25, 0.3) is 0 Å². The van der Waals surface area contributed by atoms with Crippen LogP contribution in [-0.2, 0) is 0 Å². The van der Waals surface area contributed by atoms with Crippen LogP contribution in [0.4, 0.5) is 0 Å². The second kappa shape index (κ2) is 5.01. The van der Waals surface area contributed by atoms with Crippen LogP contribution in [0.1, 0.15) is 17.9 Å². The molecule has 3 heteroatoms. The van der Waals surface area contributed by atoms with Crippen molar-refractivity contribution >= 4 is 12.6 Å². The van der Waals surface area contributed by atoms with Gasteiger partial charge in [0.15, 0.2) is 0 Å². The number of hydrogen-bond donors (Lipinski definition) is 2. The molecule has 1 aliphatic heterocycles. The van der Waals surface area contributed by atoms with E-state index in [0.29, 0.717) is 5.92 Å². The van der Waals surface area contributed by atoms with Crippen LogP contribution in [0.15, 0.2) is 30.3 Å². The molecular weight excluding hydrogens is 204 g/mol. The molecule has 2 nitrogen and oxygen atoms in total. The predicted molar refractivity (Wildman–Crippen MR) is 67.2 cm³/mol. The van der Waals surface area contributed by atoms with Crippen LogP contribution in [-0.4, -0.2) is 30.5 Å². The summed E-state index contributed by atoms with van der Waals surface area (Å²) in [4.78, 5) is 2.38. The van der Waals surface area contributed by atoms with Crippen LogP contribution in [0.5, 0.6) is 0 Å². The molecule has 0 bridgehead atoms. The van der Waals surface area contributed by atoms with Crippen molar-refractivity contribution in [1.29, 1.82) is 0 Å². The smallest absolute Gasteiger partial charge is 0.105 e. The predicted octanol–water partition coefficient (Wildman–Crippen LogP) is 1.91. The number of likely N-dealkylation sites (tertiary alicyclic amines) is 1. The minimum atomic E-state index is 0.193. The zero-order chi connectivity index (χ0) is 10.7. The summed E-state index contributed by atoms with van der Waals surface area (Å²) in [5, 5.41) is 3.17. The van der Waals surface area contributed by atoms with E-state index < -0.39 is 0 Å². The summed E-state index contributed by atoms with van der Waals surface area (Å²) in [7, 11) is 1.95. The van der Waals surface area contributed by atoms with Crippen LogP contribution in [0, 0.1) is 0 Å². The quantitative estimate of drug-likeness (QED) is 0.600. The maximum atomic E-state index is 4.49. The normalized spacial score (nSPS) is 24.3. The third kappa shape index (κ3) is 2.54. The molecule has 0 aromatic heterocycles. The lowest BCUT2D eigenvalue weighted by Crippen LogP contribution is -2.38. The summed E-state index contributed by atoms with van der Waals surface area (Å²) >= 11 is 4.49. The van der Waals surface area contributed by atoms with Crippen LogP contribution in [0.25, 0.3) is 0 Å². The summed E-state index contributed by atoms with van der Waals surface area (Å²) in [6.07, 6.45) is 1.24. The van der Waals surface area contributed by atoms with Gasteiger partial charge in [-0.3, -0.25) is 10.2 Å². The van der Waals surface area contributed by atoms with E-state index in [1.165, 1.54) is 12.0 Å². The Balaban J connectivity index is 1.99. The van der Waals surface area contributed by atoms with Crippen LogP contribution in [0.3, 0.4) is 0 Å². The average Bonchev–Trinajstić information content (AvgIpc) is 2.78. The first-order valence-corrected chi connectivity index (χ1v) is 5.97. The van der Waals surface area contributed by atoms with Gasteiger partial charge in [-0.2, -0.15) is 0 Å².